The number of nitrogens with zero attached hydrogens (tertiary/aromatic N) is 1. The number of hydrogen-bond acceptors (Lipinski definition) is 3. The van der Waals surface area contributed by atoms with Gasteiger partial charge in [-0.05, 0) is 36.0 Å². The Balaban J connectivity index is 1.48. The fourth-order valence-electron chi connectivity index (χ4n) is 2.14. The Morgan fingerprint density at radius 3 is 2.65 bits per heavy atom. The largest absolute Gasteiger partial charge is 0.348 e. The van der Waals surface area contributed by atoms with E-state index in [9.17, 15) is 0 Å². The zero-order valence-electron chi connectivity index (χ0n) is 11.0. The molecule has 1 aliphatic rings. The summed E-state index contributed by atoms with van der Waals surface area (Å²) in [5, 5.41) is 9.05. The molecule has 3 rings (SSSR count). The van der Waals surface area contributed by atoms with Gasteiger partial charge in [0, 0.05) is 12.2 Å². The first-order chi connectivity index (χ1) is 9.81. The van der Waals surface area contributed by atoms with E-state index in [1.165, 1.54) is 5.56 Å². The maximum Gasteiger partial charge on any atom is 0.171 e. The quantitative estimate of drug-likeness (QED) is 0.756. The first kappa shape index (κ1) is 12.9. The number of para-hydroxylation sites is 2. The van der Waals surface area contributed by atoms with Gasteiger partial charge < -0.3 is 16.1 Å². The maximum atomic E-state index is 5.28. The first-order valence-electron chi connectivity index (χ1n) is 6.51. The van der Waals surface area contributed by atoms with E-state index in [1.54, 1.807) is 0 Å². The minimum Gasteiger partial charge on any atom is -0.348 e. The van der Waals surface area contributed by atoms with Gasteiger partial charge in [0.2, 0.25) is 0 Å². The number of hydrazine groups is 1. The van der Waals surface area contributed by atoms with E-state index in [1.807, 2.05) is 36.4 Å². The molecule has 2 aromatic rings. The number of nitrogens with one attached hydrogen (secondary N) is 3. The third-order valence-electron chi connectivity index (χ3n) is 3.12. The summed E-state index contributed by atoms with van der Waals surface area (Å²) in [7, 11) is 0. The number of hydrogen-bond donors (Lipinski definition) is 3. The average Bonchev–Trinajstić information content (AvgIpc) is 2.89. The van der Waals surface area contributed by atoms with Crippen molar-refractivity contribution < 1.29 is 0 Å². The monoisotopic (exact) mass is 284 g/mol. The van der Waals surface area contributed by atoms with Crippen LogP contribution in [0.2, 0.25) is 0 Å². The summed E-state index contributed by atoms with van der Waals surface area (Å²) in [5.41, 5.74) is 6.79. The van der Waals surface area contributed by atoms with Gasteiger partial charge in [0.25, 0.3) is 0 Å². The minimum absolute atomic E-state index is 0.619. The predicted octanol–water partition coefficient (Wildman–Crippen LogP) is 2.77. The van der Waals surface area contributed by atoms with Crippen LogP contribution >= 0.6 is 12.2 Å². The summed E-state index contributed by atoms with van der Waals surface area (Å²) >= 11 is 5.28. The Labute approximate surface area is 123 Å². The normalized spacial score (nSPS) is 13.4. The molecule has 1 heterocycles. The van der Waals surface area contributed by atoms with Crippen LogP contribution in [0.1, 0.15) is 5.56 Å². The fourth-order valence-corrected chi connectivity index (χ4v) is 2.32. The number of fused-ring (bicyclic) bond motifs is 1. The van der Waals surface area contributed by atoms with Gasteiger partial charge in [0.1, 0.15) is 0 Å². The van der Waals surface area contributed by atoms with Gasteiger partial charge in [-0.25, -0.2) is 0 Å². The van der Waals surface area contributed by atoms with Crippen molar-refractivity contribution in [3.05, 3.63) is 60.2 Å². The molecule has 2 aromatic carbocycles. The average molecular weight is 284 g/mol. The van der Waals surface area contributed by atoms with Gasteiger partial charge in [-0.15, -0.1) is 0 Å². The van der Waals surface area contributed by atoms with E-state index < -0.39 is 0 Å². The molecule has 0 aliphatic carbocycles. The van der Waals surface area contributed by atoms with Crippen molar-refractivity contribution in [3.63, 3.8) is 0 Å². The van der Waals surface area contributed by atoms with Gasteiger partial charge in [-0.1, -0.05) is 36.4 Å². The first-order valence-corrected chi connectivity index (χ1v) is 6.91. The lowest BCUT2D eigenvalue weighted by Crippen LogP contribution is -2.39. The second kappa shape index (κ2) is 5.90. The summed E-state index contributed by atoms with van der Waals surface area (Å²) in [6.07, 6.45) is 0. The molecule has 0 bridgehead atoms. The fraction of sp³-hybridized carbons (Fsp3) is 0.133. The Morgan fingerprint density at radius 1 is 1.10 bits per heavy atom. The van der Waals surface area contributed by atoms with Crippen LogP contribution < -0.4 is 16.1 Å². The summed E-state index contributed by atoms with van der Waals surface area (Å²) in [4.78, 5) is 0. The third kappa shape index (κ3) is 3.07. The zero-order chi connectivity index (χ0) is 13.8. The molecule has 4 nitrogen and oxygen atoms in total. The Hall–Kier alpha value is -2.11. The van der Waals surface area contributed by atoms with Crippen molar-refractivity contribution in [3.8, 4) is 0 Å². The molecular weight excluding hydrogens is 268 g/mol. The highest BCUT2D eigenvalue weighted by atomic mass is 32.1. The number of benzene rings is 2. The molecule has 0 fully saturated rings. The van der Waals surface area contributed by atoms with Crippen LogP contribution in [0.3, 0.4) is 0 Å². The van der Waals surface area contributed by atoms with E-state index in [4.69, 9.17) is 12.2 Å². The van der Waals surface area contributed by atoms with Crippen molar-refractivity contribution in [1.82, 2.24) is 10.3 Å². The van der Waals surface area contributed by atoms with Crippen LogP contribution in [0.5, 0.6) is 0 Å². The van der Waals surface area contributed by atoms with Crippen LogP contribution in [0.25, 0.3) is 0 Å². The van der Waals surface area contributed by atoms with Crippen LogP contribution in [0.4, 0.5) is 11.4 Å². The summed E-state index contributed by atoms with van der Waals surface area (Å²) < 4.78 is 0. The van der Waals surface area contributed by atoms with Gasteiger partial charge in [0.05, 0.1) is 12.4 Å². The SMILES string of the molecule is S=C(NCN1Cc2ccccc2N1)Nc1ccccc1. The van der Waals surface area contributed by atoms with Gasteiger partial charge >= 0.3 is 0 Å². The van der Waals surface area contributed by atoms with Gasteiger partial charge in [-0.2, -0.15) is 5.01 Å². The third-order valence-corrected chi connectivity index (χ3v) is 3.37. The molecule has 0 saturated heterocycles. The Morgan fingerprint density at radius 2 is 1.85 bits per heavy atom. The lowest BCUT2D eigenvalue weighted by atomic mass is 10.2. The molecule has 0 aromatic heterocycles. The molecule has 3 N–H and O–H groups in total. The predicted molar refractivity (Wildman–Crippen MR) is 86.3 cm³/mol. The van der Waals surface area contributed by atoms with Gasteiger partial charge in [0.15, 0.2) is 5.11 Å². The number of thiocarbonyl (C=S) groups is 1. The summed E-state index contributed by atoms with van der Waals surface area (Å²) in [6.45, 7) is 1.52. The van der Waals surface area contributed by atoms with Crippen molar-refractivity contribution in [2.45, 2.75) is 6.54 Å². The summed E-state index contributed by atoms with van der Waals surface area (Å²) in [6, 6.07) is 18.2. The molecule has 20 heavy (non-hydrogen) atoms. The van der Waals surface area contributed by atoms with Crippen molar-refractivity contribution in [1.29, 1.82) is 0 Å². The molecule has 0 radical (unpaired) electrons. The topological polar surface area (TPSA) is 39.3 Å². The second-order valence-electron chi connectivity index (χ2n) is 4.62. The highest BCUT2D eigenvalue weighted by molar-refractivity contribution is 7.80. The second-order valence-corrected chi connectivity index (χ2v) is 5.03. The van der Waals surface area contributed by atoms with Crippen molar-refractivity contribution in [2.75, 3.05) is 17.4 Å². The lowest BCUT2D eigenvalue weighted by Gasteiger charge is -2.18. The van der Waals surface area contributed by atoms with Crippen LogP contribution in [0, 0.1) is 0 Å². The Kier molecular flexibility index (Phi) is 3.80. The number of anilines is 2. The van der Waals surface area contributed by atoms with E-state index in [-0.39, 0.29) is 0 Å². The molecule has 0 amide bonds. The lowest BCUT2D eigenvalue weighted by molar-refractivity contribution is 0.337. The van der Waals surface area contributed by atoms with E-state index in [0.29, 0.717) is 11.8 Å². The molecule has 0 saturated carbocycles. The minimum atomic E-state index is 0.619. The molecular formula is C15H16N4S. The van der Waals surface area contributed by atoms with Crippen LogP contribution in [-0.2, 0) is 6.54 Å². The molecule has 0 unspecified atom stereocenters. The van der Waals surface area contributed by atoms with Crippen molar-refractivity contribution in [2.24, 2.45) is 0 Å². The van der Waals surface area contributed by atoms with E-state index in [0.717, 1.165) is 17.9 Å². The highest BCUT2D eigenvalue weighted by Gasteiger charge is 2.16. The number of rotatable bonds is 3. The molecule has 5 heteroatoms. The molecule has 102 valence electrons. The van der Waals surface area contributed by atoms with E-state index in [2.05, 4.69) is 39.3 Å². The molecule has 0 atom stereocenters. The highest BCUT2D eigenvalue weighted by Crippen LogP contribution is 2.23. The molecule has 1 aliphatic heterocycles. The Bertz CT molecular complexity index is 575. The standard InChI is InChI=1S/C15H16N4S/c20-15(17-13-7-2-1-3-8-13)16-11-19-10-12-6-4-5-9-14(12)18-19/h1-9,18H,10-11H2,(H2,16,17,20). The van der Waals surface area contributed by atoms with Crippen LogP contribution in [-0.4, -0.2) is 16.8 Å². The van der Waals surface area contributed by atoms with Crippen LogP contribution in [0.15, 0.2) is 54.6 Å². The zero-order valence-corrected chi connectivity index (χ0v) is 11.8. The maximum absolute atomic E-state index is 5.28. The summed E-state index contributed by atoms with van der Waals surface area (Å²) in [5.74, 6) is 0. The molecule has 0 spiro atoms. The smallest absolute Gasteiger partial charge is 0.171 e. The van der Waals surface area contributed by atoms with E-state index >= 15 is 0 Å². The van der Waals surface area contributed by atoms with Gasteiger partial charge in [-0.3, -0.25) is 0 Å². The van der Waals surface area contributed by atoms with Crippen molar-refractivity contribution >= 4 is 28.7 Å².